The fourth-order valence-electron chi connectivity index (χ4n) is 2.11. The lowest BCUT2D eigenvalue weighted by Crippen LogP contribution is -2.28. The number of hydrogen-bond donors (Lipinski definition) is 0. The van der Waals surface area contributed by atoms with Crippen molar-refractivity contribution in [3.05, 3.63) is 60.7 Å². The first-order valence-electron chi connectivity index (χ1n) is 7.24. The highest BCUT2D eigenvalue weighted by molar-refractivity contribution is 7.98. The minimum atomic E-state index is -0.135. The third-order valence-electron chi connectivity index (χ3n) is 3.47. The molecule has 0 aliphatic rings. The molecule has 0 saturated heterocycles. The third kappa shape index (κ3) is 3.43. The number of nitrogens with zero attached hydrogens (tertiary/aromatic N) is 6. The summed E-state index contributed by atoms with van der Waals surface area (Å²) in [6.07, 6.45) is 9.93. The molecule has 3 heterocycles. The lowest BCUT2D eigenvalue weighted by atomic mass is 10.3. The van der Waals surface area contributed by atoms with Crippen LogP contribution in [0.25, 0.3) is 0 Å². The number of imidazole rings is 1. The van der Waals surface area contributed by atoms with Gasteiger partial charge in [-0.05, 0) is 12.1 Å². The zero-order valence-corrected chi connectivity index (χ0v) is 14.1. The fourth-order valence-corrected chi connectivity index (χ4v) is 2.95. The van der Waals surface area contributed by atoms with Gasteiger partial charge in [-0.25, -0.2) is 4.98 Å². The van der Waals surface area contributed by atoms with Crippen LogP contribution in [-0.4, -0.2) is 37.5 Å². The van der Waals surface area contributed by atoms with E-state index in [-0.39, 0.29) is 5.91 Å². The first kappa shape index (κ1) is 16.1. The Kier molecular flexibility index (Phi) is 4.85. The molecule has 0 N–H and O–H groups in total. The van der Waals surface area contributed by atoms with E-state index < -0.39 is 0 Å². The Morgan fingerprint density at radius 2 is 2.00 bits per heavy atom. The average Bonchev–Trinajstić information content (AvgIpc) is 3.01. The van der Waals surface area contributed by atoms with E-state index in [1.807, 2.05) is 13.1 Å². The minimum absolute atomic E-state index is 0.135. The molecule has 122 valence electrons. The molecule has 8 heteroatoms. The maximum Gasteiger partial charge on any atom is 0.276 e. The van der Waals surface area contributed by atoms with Crippen LogP contribution in [0.4, 0.5) is 5.69 Å². The van der Waals surface area contributed by atoms with Crippen molar-refractivity contribution in [1.29, 1.82) is 0 Å². The molecule has 0 bridgehead atoms. The summed E-state index contributed by atoms with van der Waals surface area (Å²) in [7, 11) is 3.55. The van der Waals surface area contributed by atoms with Crippen molar-refractivity contribution >= 4 is 23.4 Å². The molecule has 0 unspecified atom stereocenters. The van der Waals surface area contributed by atoms with Crippen molar-refractivity contribution < 1.29 is 4.79 Å². The van der Waals surface area contributed by atoms with Gasteiger partial charge in [0.2, 0.25) is 0 Å². The Bertz CT molecular complexity index is 821. The molecule has 0 aliphatic carbocycles. The van der Waals surface area contributed by atoms with Gasteiger partial charge >= 0.3 is 0 Å². The van der Waals surface area contributed by atoms with Crippen LogP contribution in [0.5, 0.6) is 0 Å². The number of hydrogen-bond acceptors (Lipinski definition) is 6. The lowest BCUT2D eigenvalue weighted by molar-refractivity contribution is 0.0984. The highest BCUT2D eigenvalue weighted by Crippen LogP contribution is 2.22. The van der Waals surface area contributed by atoms with Crippen LogP contribution in [0.3, 0.4) is 0 Å². The number of pyridine rings is 1. The van der Waals surface area contributed by atoms with Gasteiger partial charge in [0, 0.05) is 44.6 Å². The second-order valence-corrected chi connectivity index (χ2v) is 5.99. The van der Waals surface area contributed by atoms with E-state index >= 15 is 0 Å². The van der Waals surface area contributed by atoms with E-state index in [9.17, 15) is 4.79 Å². The van der Waals surface area contributed by atoms with Crippen molar-refractivity contribution in [2.24, 2.45) is 7.05 Å². The number of thioether (sulfide) groups is 1. The predicted molar refractivity (Wildman–Crippen MR) is 91.8 cm³/mol. The minimum Gasteiger partial charge on any atom is -0.318 e. The number of carbonyl (C=O) groups excluding carboxylic acids is 1. The zero-order valence-electron chi connectivity index (χ0n) is 13.3. The Morgan fingerprint density at radius 3 is 2.71 bits per heavy atom. The van der Waals surface area contributed by atoms with E-state index in [0.717, 1.165) is 16.5 Å². The molecule has 0 atom stereocenters. The summed E-state index contributed by atoms with van der Waals surface area (Å²) >= 11 is 1.51. The van der Waals surface area contributed by atoms with Crippen molar-refractivity contribution in [1.82, 2.24) is 24.5 Å². The number of aromatic nitrogens is 5. The Labute approximate surface area is 143 Å². The van der Waals surface area contributed by atoms with Crippen LogP contribution in [0.1, 0.15) is 16.2 Å². The monoisotopic (exact) mass is 340 g/mol. The van der Waals surface area contributed by atoms with Gasteiger partial charge in [-0.2, -0.15) is 0 Å². The highest BCUT2D eigenvalue weighted by Gasteiger charge is 2.19. The van der Waals surface area contributed by atoms with Crippen molar-refractivity contribution in [2.75, 3.05) is 11.9 Å². The van der Waals surface area contributed by atoms with Gasteiger partial charge in [-0.15, -0.1) is 0 Å². The Hall–Kier alpha value is -2.74. The molecule has 0 fully saturated rings. The largest absolute Gasteiger partial charge is 0.318 e. The molecular weight excluding hydrogens is 324 g/mol. The summed E-state index contributed by atoms with van der Waals surface area (Å²) in [5.41, 5.74) is 2.12. The van der Waals surface area contributed by atoms with Crippen molar-refractivity contribution in [3.8, 4) is 0 Å². The second-order valence-electron chi connectivity index (χ2n) is 5.05. The summed E-state index contributed by atoms with van der Waals surface area (Å²) < 4.78 is 1.79. The fraction of sp³-hybridized carbons (Fsp3) is 0.188. The van der Waals surface area contributed by atoms with Crippen molar-refractivity contribution in [2.45, 2.75) is 10.9 Å². The van der Waals surface area contributed by atoms with Gasteiger partial charge in [-0.1, -0.05) is 11.8 Å². The predicted octanol–water partition coefficient (Wildman–Crippen LogP) is 2.17. The summed E-state index contributed by atoms with van der Waals surface area (Å²) in [4.78, 5) is 30.9. The van der Waals surface area contributed by atoms with Gasteiger partial charge < -0.3 is 9.47 Å². The van der Waals surface area contributed by atoms with Crippen LogP contribution in [0.2, 0.25) is 0 Å². The third-order valence-corrected chi connectivity index (χ3v) is 4.55. The normalized spacial score (nSPS) is 10.6. The molecule has 0 aromatic carbocycles. The van der Waals surface area contributed by atoms with Gasteiger partial charge in [0.1, 0.15) is 5.69 Å². The molecule has 3 rings (SSSR count). The molecular formula is C16H16N6OS. The quantitative estimate of drug-likeness (QED) is 0.663. The molecule has 7 nitrogen and oxygen atoms in total. The van der Waals surface area contributed by atoms with Crippen LogP contribution < -0.4 is 4.90 Å². The van der Waals surface area contributed by atoms with Crippen molar-refractivity contribution in [3.63, 3.8) is 0 Å². The van der Waals surface area contributed by atoms with Crippen LogP contribution >= 0.6 is 11.8 Å². The van der Waals surface area contributed by atoms with Crippen LogP contribution in [-0.2, 0) is 12.8 Å². The smallest absolute Gasteiger partial charge is 0.276 e. The van der Waals surface area contributed by atoms with Crippen LogP contribution in [0.15, 0.2) is 54.5 Å². The van der Waals surface area contributed by atoms with Gasteiger partial charge in [-0.3, -0.25) is 19.7 Å². The number of rotatable bonds is 5. The molecule has 3 aromatic heterocycles. The maximum absolute atomic E-state index is 12.7. The Balaban J connectivity index is 1.73. The highest BCUT2D eigenvalue weighted by atomic mass is 32.2. The first-order valence-corrected chi connectivity index (χ1v) is 8.23. The second kappa shape index (κ2) is 7.22. The molecule has 1 amide bonds. The van der Waals surface area contributed by atoms with E-state index in [2.05, 4.69) is 19.9 Å². The topological polar surface area (TPSA) is 76.8 Å². The number of anilines is 1. The lowest BCUT2D eigenvalue weighted by Gasteiger charge is -2.16. The van der Waals surface area contributed by atoms with Gasteiger partial charge in [0.05, 0.1) is 23.8 Å². The summed E-state index contributed by atoms with van der Waals surface area (Å²) in [6.45, 7) is 0. The van der Waals surface area contributed by atoms with E-state index in [4.69, 9.17) is 0 Å². The molecule has 0 aliphatic heterocycles. The maximum atomic E-state index is 12.7. The molecule has 0 saturated carbocycles. The molecule has 0 radical (unpaired) electrons. The average molecular weight is 340 g/mol. The van der Waals surface area contributed by atoms with E-state index in [1.54, 1.807) is 59.8 Å². The van der Waals surface area contributed by atoms with Gasteiger partial charge in [0.15, 0.2) is 5.16 Å². The standard InChI is InChI=1S/C16H16N6OS/c1-21(13-4-3-5-17-9-13)15(23)14-10-20-16(22(14)2)24-11-12-8-18-6-7-19-12/h3-10H,11H2,1-2H3. The van der Waals surface area contributed by atoms with Gasteiger partial charge in [0.25, 0.3) is 5.91 Å². The summed E-state index contributed by atoms with van der Waals surface area (Å²) in [6, 6.07) is 3.63. The first-order chi connectivity index (χ1) is 11.7. The number of amides is 1. The number of carbonyl (C=O) groups is 1. The molecule has 3 aromatic rings. The SMILES string of the molecule is CN(C(=O)c1cnc(SCc2cnccn2)n1C)c1cccnc1. The van der Waals surface area contributed by atoms with E-state index in [0.29, 0.717) is 11.4 Å². The summed E-state index contributed by atoms with van der Waals surface area (Å²) in [5.74, 6) is 0.509. The van der Waals surface area contributed by atoms with Crippen LogP contribution in [0, 0.1) is 0 Å². The Morgan fingerprint density at radius 1 is 1.17 bits per heavy atom. The molecule has 24 heavy (non-hydrogen) atoms. The molecule has 0 spiro atoms. The van der Waals surface area contributed by atoms with E-state index in [1.165, 1.54) is 11.8 Å². The zero-order chi connectivity index (χ0) is 16.9. The summed E-state index contributed by atoms with van der Waals surface area (Å²) in [5, 5.41) is 0.753.